The Morgan fingerprint density at radius 3 is 2.62 bits per heavy atom. The molecule has 6 atom stereocenters. The Labute approximate surface area is 150 Å². The number of carboxylic acids is 1. The smallest absolute Gasteiger partial charge is 0.415 e. The summed E-state index contributed by atoms with van der Waals surface area (Å²) in [4.78, 5) is 37.4. The van der Waals surface area contributed by atoms with Gasteiger partial charge in [0.2, 0.25) is 11.4 Å². The number of allylic oxidation sites excluding steroid dienone is 1. The van der Waals surface area contributed by atoms with Crippen molar-refractivity contribution in [3.8, 4) is 0 Å². The first kappa shape index (κ1) is 18.8. The lowest BCUT2D eigenvalue weighted by Crippen LogP contribution is -2.72. The average molecular weight is 369 g/mol. The third-order valence-electron chi connectivity index (χ3n) is 6.00. The number of carboxylic acid groups (broad SMARTS) is 2. The van der Waals surface area contributed by atoms with E-state index < -0.39 is 53.3 Å². The van der Waals surface area contributed by atoms with E-state index in [9.17, 15) is 29.7 Å². The van der Waals surface area contributed by atoms with Gasteiger partial charge in [0.25, 0.3) is 0 Å². The topological polar surface area (TPSA) is 134 Å². The molecule has 3 aliphatic rings. The number of likely N-dealkylation sites (tertiary alicyclic amines) is 1. The summed E-state index contributed by atoms with van der Waals surface area (Å²) in [5.74, 6) is -4.14. The lowest BCUT2D eigenvalue weighted by atomic mass is 9.68. The predicted molar refractivity (Wildman–Crippen MR) is 86.1 cm³/mol. The van der Waals surface area contributed by atoms with Crippen LogP contribution in [-0.2, 0) is 19.1 Å². The van der Waals surface area contributed by atoms with E-state index in [-0.39, 0.29) is 11.3 Å². The molecule has 9 heteroatoms. The SMILES string of the molecule is COC1CC2C(=O)N(C(=O)O)C(C(=O)O)([C@@H](O)[C@@H]3C=CCCC3)[C@@]2(C)O1. The second-order valence-electron chi connectivity index (χ2n) is 7.17. The summed E-state index contributed by atoms with van der Waals surface area (Å²) >= 11 is 0. The Balaban J connectivity index is 2.19. The van der Waals surface area contributed by atoms with Gasteiger partial charge in [0.15, 0.2) is 6.29 Å². The molecular weight excluding hydrogens is 346 g/mol. The molecule has 0 bridgehead atoms. The van der Waals surface area contributed by atoms with E-state index >= 15 is 0 Å². The van der Waals surface area contributed by atoms with E-state index in [1.54, 1.807) is 6.08 Å². The highest BCUT2D eigenvalue weighted by molar-refractivity contribution is 6.05. The number of aliphatic carboxylic acids is 1. The van der Waals surface area contributed by atoms with Crippen molar-refractivity contribution in [2.45, 2.75) is 56.1 Å². The third kappa shape index (κ3) is 2.23. The van der Waals surface area contributed by atoms with Crippen LogP contribution in [0.3, 0.4) is 0 Å². The van der Waals surface area contributed by atoms with Crippen molar-refractivity contribution >= 4 is 18.0 Å². The van der Waals surface area contributed by atoms with Gasteiger partial charge in [-0.1, -0.05) is 12.2 Å². The lowest BCUT2D eigenvalue weighted by molar-refractivity contribution is -0.216. The van der Waals surface area contributed by atoms with Crippen LogP contribution in [0.5, 0.6) is 0 Å². The fraction of sp³-hybridized carbons (Fsp3) is 0.706. The van der Waals surface area contributed by atoms with E-state index in [4.69, 9.17) is 9.47 Å². The highest BCUT2D eigenvalue weighted by Gasteiger charge is 2.79. The van der Waals surface area contributed by atoms with Crippen molar-refractivity contribution in [1.29, 1.82) is 0 Å². The summed E-state index contributed by atoms with van der Waals surface area (Å²) in [6.45, 7) is 1.38. The molecule has 144 valence electrons. The van der Waals surface area contributed by atoms with Gasteiger partial charge in [-0.15, -0.1) is 0 Å². The van der Waals surface area contributed by atoms with Gasteiger partial charge < -0.3 is 24.8 Å². The van der Waals surface area contributed by atoms with Crippen molar-refractivity contribution in [3.05, 3.63) is 12.2 Å². The molecule has 3 rings (SSSR count). The first-order chi connectivity index (χ1) is 12.2. The number of amides is 2. The molecule has 0 spiro atoms. The van der Waals surface area contributed by atoms with Crippen molar-refractivity contribution in [1.82, 2.24) is 4.90 Å². The van der Waals surface area contributed by atoms with Crippen LogP contribution in [0.2, 0.25) is 0 Å². The molecule has 0 aromatic heterocycles. The Bertz CT molecular complexity index is 663. The fourth-order valence-corrected chi connectivity index (χ4v) is 4.73. The molecule has 2 heterocycles. The van der Waals surface area contributed by atoms with Gasteiger partial charge in [-0.05, 0) is 26.2 Å². The summed E-state index contributed by atoms with van der Waals surface area (Å²) < 4.78 is 10.9. The number of aliphatic hydroxyl groups excluding tert-OH is 1. The molecule has 1 aliphatic carbocycles. The number of carbonyl (C=O) groups is 3. The number of rotatable bonds is 4. The molecule has 2 aliphatic heterocycles. The molecule has 2 saturated heterocycles. The number of nitrogens with zero attached hydrogens (tertiary/aromatic N) is 1. The van der Waals surface area contributed by atoms with E-state index in [1.807, 2.05) is 6.08 Å². The summed E-state index contributed by atoms with van der Waals surface area (Å²) in [6, 6.07) is 0. The molecule has 0 aromatic carbocycles. The molecule has 0 saturated carbocycles. The number of fused-ring (bicyclic) bond motifs is 1. The molecule has 9 nitrogen and oxygen atoms in total. The Morgan fingerprint density at radius 2 is 2.12 bits per heavy atom. The standard InChI is InChI=1S/C17H23NO8/c1-16-10(8-11(25-2)26-16)13(20)18(15(23)24)17(16,14(21)22)12(19)9-6-4-3-5-7-9/h4,6,9-12,19H,3,5,7-8H2,1-2H3,(H,21,22)(H,23,24)/t9-,10?,11?,12+,16+,17?/m1/s1. The molecule has 0 radical (unpaired) electrons. The van der Waals surface area contributed by atoms with Crippen LogP contribution in [0.4, 0.5) is 4.79 Å². The largest absolute Gasteiger partial charge is 0.479 e. The van der Waals surface area contributed by atoms with Crippen LogP contribution in [0.25, 0.3) is 0 Å². The zero-order valence-electron chi connectivity index (χ0n) is 14.6. The fourth-order valence-electron chi connectivity index (χ4n) is 4.73. The molecule has 0 aromatic rings. The molecule has 3 unspecified atom stereocenters. The second-order valence-corrected chi connectivity index (χ2v) is 7.17. The summed E-state index contributed by atoms with van der Waals surface area (Å²) in [6.07, 6.45) is 1.33. The van der Waals surface area contributed by atoms with Crippen LogP contribution in [0.15, 0.2) is 12.2 Å². The highest BCUT2D eigenvalue weighted by atomic mass is 16.7. The monoisotopic (exact) mass is 369 g/mol. The minimum atomic E-state index is -2.46. The van der Waals surface area contributed by atoms with E-state index in [0.29, 0.717) is 6.42 Å². The van der Waals surface area contributed by atoms with Crippen molar-refractivity contribution in [2.75, 3.05) is 7.11 Å². The Morgan fingerprint density at radius 1 is 1.42 bits per heavy atom. The van der Waals surface area contributed by atoms with Gasteiger partial charge in [0.1, 0.15) is 5.60 Å². The maximum atomic E-state index is 12.8. The predicted octanol–water partition coefficient (Wildman–Crippen LogP) is 0.815. The summed E-state index contributed by atoms with van der Waals surface area (Å²) in [5.41, 5.74) is -4.21. The Kier molecular flexibility index (Phi) is 4.58. The van der Waals surface area contributed by atoms with E-state index in [0.717, 1.165) is 12.8 Å². The zero-order chi connectivity index (χ0) is 19.3. The normalized spacial score (nSPS) is 40.5. The van der Waals surface area contributed by atoms with Crippen molar-refractivity contribution in [3.63, 3.8) is 0 Å². The van der Waals surface area contributed by atoms with Gasteiger partial charge in [-0.2, -0.15) is 0 Å². The Hall–Kier alpha value is -1.97. The van der Waals surface area contributed by atoms with Crippen molar-refractivity contribution < 1.29 is 39.2 Å². The quantitative estimate of drug-likeness (QED) is 0.620. The number of hydrogen-bond acceptors (Lipinski definition) is 6. The van der Waals surface area contributed by atoms with Gasteiger partial charge in [0.05, 0.1) is 12.0 Å². The summed E-state index contributed by atoms with van der Waals surface area (Å²) in [7, 11) is 1.36. The van der Waals surface area contributed by atoms with Gasteiger partial charge in [-0.3, -0.25) is 4.79 Å². The van der Waals surface area contributed by atoms with Crippen LogP contribution >= 0.6 is 0 Å². The number of methoxy groups -OCH3 is 1. The molecular formula is C17H23NO8. The molecule has 26 heavy (non-hydrogen) atoms. The van der Waals surface area contributed by atoms with Crippen molar-refractivity contribution in [2.24, 2.45) is 11.8 Å². The maximum absolute atomic E-state index is 12.8. The molecule has 3 N–H and O–H groups in total. The van der Waals surface area contributed by atoms with Crippen LogP contribution in [0, 0.1) is 11.8 Å². The first-order valence-corrected chi connectivity index (χ1v) is 8.57. The zero-order valence-corrected chi connectivity index (χ0v) is 14.6. The highest BCUT2D eigenvalue weighted by Crippen LogP contribution is 2.55. The van der Waals surface area contributed by atoms with Gasteiger partial charge in [-0.25, -0.2) is 14.5 Å². The van der Waals surface area contributed by atoms with Crippen LogP contribution in [-0.4, -0.2) is 68.8 Å². The number of carbonyl (C=O) groups excluding carboxylic acids is 1. The number of ether oxygens (including phenoxy) is 2. The second kappa shape index (κ2) is 6.33. The number of aliphatic hydroxyl groups is 1. The van der Waals surface area contributed by atoms with E-state index in [1.165, 1.54) is 14.0 Å². The average Bonchev–Trinajstić information content (AvgIpc) is 3.04. The van der Waals surface area contributed by atoms with E-state index in [2.05, 4.69) is 0 Å². The van der Waals surface area contributed by atoms with Gasteiger partial charge in [0, 0.05) is 19.4 Å². The minimum absolute atomic E-state index is 0.0257. The molecule has 2 fully saturated rings. The third-order valence-corrected chi connectivity index (χ3v) is 6.00. The number of imide groups is 1. The van der Waals surface area contributed by atoms with Gasteiger partial charge >= 0.3 is 12.1 Å². The van der Waals surface area contributed by atoms with Crippen LogP contribution in [0.1, 0.15) is 32.6 Å². The first-order valence-electron chi connectivity index (χ1n) is 8.57. The molecule has 2 amide bonds. The summed E-state index contributed by atoms with van der Waals surface area (Å²) in [5, 5.41) is 30.8. The number of hydrogen-bond donors (Lipinski definition) is 3. The minimum Gasteiger partial charge on any atom is -0.479 e. The maximum Gasteiger partial charge on any atom is 0.415 e. The van der Waals surface area contributed by atoms with Crippen LogP contribution < -0.4 is 0 Å². The lowest BCUT2D eigenvalue weighted by Gasteiger charge is -2.46.